The molecule has 0 aliphatic heterocycles. The van der Waals surface area contributed by atoms with Crippen LogP contribution in [0.4, 0.5) is 5.69 Å². The quantitative estimate of drug-likeness (QED) is 0.701. The molecule has 1 aliphatic rings. The van der Waals surface area contributed by atoms with Crippen molar-refractivity contribution >= 4 is 23.5 Å². The van der Waals surface area contributed by atoms with Gasteiger partial charge < -0.3 is 20.5 Å². The van der Waals surface area contributed by atoms with Crippen molar-refractivity contribution in [2.24, 2.45) is 5.92 Å². The van der Waals surface area contributed by atoms with E-state index in [-0.39, 0.29) is 18.4 Å². The maximum Gasteiger partial charge on any atom is 0.331 e. The molecule has 0 saturated heterocycles. The van der Waals surface area contributed by atoms with Gasteiger partial charge in [0.1, 0.15) is 0 Å². The van der Waals surface area contributed by atoms with Gasteiger partial charge in [-0.15, -0.1) is 0 Å². The lowest BCUT2D eigenvalue weighted by atomic mass is 10.0. The standard InChI is InChI=1S/C16H20N2O5/c1-16(9-23-2,15(21)22)18-14(20)11-5-7-12(8-6-11)17-13(19)10-3-4-10/h5-8,10H,3-4,9H2,1-2H3,(H,17,19)(H,18,20)(H,21,22). The van der Waals surface area contributed by atoms with E-state index in [2.05, 4.69) is 10.6 Å². The minimum atomic E-state index is -1.51. The number of amides is 2. The molecule has 0 heterocycles. The Labute approximate surface area is 134 Å². The Morgan fingerprint density at radius 2 is 1.87 bits per heavy atom. The summed E-state index contributed by atoms with van der Waals surface area (Å²) in [5.74, 6) is -1.61. The summed E-state index contributed by atoms with van der Waals surface area (Å²) in [6, 6.07) is 6.30. The number of hydrogen-bond donors (Lipinski definition) is 3. The van der Waals surface area contributed by atoms with Crippen LogP contribution in [0.25, 0.3) is 0 Å². The lowest BCUT2D eigenvalue weighted by Crippen LogP contribution is -2.55. The highest BCUT2D eigenvalue weighted by Gasteiger charge is 2.35. The van der Waals surface area contributed by atoms with Crippen LogP contribution in [0.1, 0.15) is 30.1 Å². The van der Waals surface area contributed by atoms with E-state index in [9.17, 15) is 19.5 Å². The number of nitrogens with one attached hydrogen (secondary N) is 2. The lowest BCUT2D eigenvalue weighted by Gasteiger charge is -2.25. The van der Waals surface area contributed by atoms with Crippen molar-refractivity contribution in [3.63, 3.8) is 0 Å². The van der Waals surface area contributed by atoms with Gasteiger partial charge in [-0.05, 0) is 44.0 Å². The average molecular weight is 320 g/mol. The van der Waals surface area contributed by atoms with Gasteiger partial charge in [0.15, 0.2) is 5.54 Å². The number of carboxylic acids is 1. The van der Waals surface area contributed by atoms with Gasteiger partial charge in [0, 0.05) is 24.3 Å². The van der Waals surface area contributed by atoms with E-state index >= 15 is 0 Å². The lowest BCUT2D eigenvalue weighted by molar-refractivity contribution is -0.145. The fourth-order valence-corrected chi connectivity index (χ4v) is 2.06. The van der Waals surface area contributed by atoms with E-state index in [1.54, 1.807) is 12.1 Å². The summed E-state index contributed by atoms with van der Waals surface area (Å²) >= 11 is 0. The number of ether oxygens (including phenoxy) is 1. The Hall–Kier alpha value is -2.41. The highest BCUT2D eigenvalue weighted by Crippen LogP contribution is 2.30. The monoisotopic (exact) mass is 320 g/mol. The number of carbonyl (C=O) groups is 3. The number of carbonyl (C=O) groups excluding carboxylic acids is 2. The van der Waals surface area contributed by atoms with Crippen LogP contribution in [-0.2, 0) is 14.3 Å². The molecule has 7 heteroatoms. The third-order valence-corrected chi connectivity index (χ3v) is 3.66. The van der Waals surface area contributed by atoms with Gasteiger partial charge in [-0.3, -0.25) is 9.59 Å². The summed E-state index contributed by atoms with van der Waals surface area (Å²) < 4.78 is 4.85. The molecule has 1 atom stereocenters. The van der Waals surface area contributed by atoms with Gasteiger partial charge in [-0.1, -0.05) is 0 Å². The van der Waals surface area contributed by atoms with Crippen molar-refractivity contribution < 1.29 is 24.2 Å². The Bertz CT molecular complexity index is 609. The largest absolute Gasteiger partial charge is 0.479 e. The van der Waals surface area contributed by atoms with Crippen molar-refractivity contribution in [3.8, 4) is 0 Å². The second-order valence-corrected chi connectivity index (χ2v) is 5.87. The van der Waals surface area contributed by atoms with E-state index in [1.807, 2.05) is 0 Å². The molecule has 7 nitrogen and oxygen atoms in total. The van der Waals surface area contributed by atoms with Gasteiger partial charge in [0.05, 0.1) is 6.61 Å². The maximum absolute atomic E-state index is 12.2. The molecule has 0 radical (unpaired) electrons. The summed E-state index contributed by atoms with van der Waals surface area (Å²) in [6.45, 7) is 1.23. The van der Waals surface area contributed by atoms with Gasteiger partial charge in [-0.25, -0.2) is 4.79 Å². The topological polar surface area (TPSA) is 105 Å². The van der Waals surface area contributed by atoms with E-state index < -0.39 is 17.4 Å². The minimum Gasteiger partial charge on any atom is -0.479 e. The molecule has 1 saturated carbocycles. The molecular formula is C16H20N2O5. The molecule has 124 valence electrons. The zero-order valence-electron chi connectivity index (χ0n) is 13.1. The van der Waals surface area contributed by atoms with Gasteiger partial charge >= 0.3 is 5.97 Å². The van der Waals surface area contributed by atoms with Crippen LogP contribution >= 0.6 is 0 Å². The average Bonchev–Trinajstić information content (AvgIpc) is 3.32. The predicted molar refractivity (Wildman–Crippen MR) is 83.2 cm³/mol. The van der Waals surface area contributed by atoms with Crippen molar-refractivity contribution in [2.45, 2.75) is 25.3 Å². The third-order valence-electron chi connectivity index (χ3n) is 3.66. The summed E-state index contributed by atoms with van der Waals surface area (Å²) in [5.41, 5.74) is -0.598. The van der Waals surface area contributed by atoms with Crippen LogP contribution < -0.4 is 10.6 Å². The van der Waals surface area contributed by atoms with Crippen LogP contribution in [0.2, 0.25) is 0 Å². The van der Waals surface area contributed by atoms with E-state index in [1.165, 1.54) is 26.2 Å². The highest BCUT2D eigenvalue weighted by atomic mass is 16.5. The van der Waals surface area contributed by atoms with E-state index in [0.717, 1.165) is 12.8 Å². The third kappa shape index (κ3) is 4.29. The summed E-state index contributed by atoms with van der Waals surface area (Å²) in [5, 5.41) is 14.4. The van der Waals surface area contributed by atoms with Crippen LogP contribution in [0.3, 0.4) is 0 Å². The predicted octanol–water partition coefficient (Wildman–Crippen LogP) is 1.25. The fraction of sp³-hybridized carbons (Fsp3) is 0.438. The summed E-state index contributed by atoms with van der Waals surface area (Å²) in [7, 11) is 1.37. The molecule has 1 aromatic carbocycles. The normalized spacial score (nSPS) is 16.3. The molecule has 0 bridgehead atoms. The Morgan fingerprint density at radius 3 is 2.35 bits per heavy atom. The number of anilines is 1. The number of hydrogen-bond acceptors (Lipinski definition) is 4. The zero-order valence-corrected chi connectivity index (χ0v) is 13.1. The van der Waals surface area contributed by atoms with Crippen LogP contribution in [-0.4, -0.2) is 42.1 Å². The molecule has 0 spiro atoms. The molecule has 2 amide bonds. The molecule has 3 N–H and O–H groups in total. The van der Waals surface area contributed by atoms with Gasteiger partial charge in [0.25, 0.3) is 5.91 Å². The van der Waals surface area contributed by atoms with Crippen molar-refractivity contribution in [3.05, 3.63) is 29.8 Å². The minimum absolute atomic E-state index is 0.0132. The Balaban J connectivity index is 2.01. The number of benzene rings is 1. The zero-order chi connectivity index (χ0) is 17.0. The second-order valence-electron chi connectivity index (χ2n) is 5.87. The van der Waals surface area contributed by atoms with E-state index in [0.29, 0.717) is 11.3 Å². The first-order valence-electron chi connectivity index (χ1n) is 7.31. The molecular weight excluding hydrogens is 300 g/mol. The second kappa shape index (κ2) is 6.78. The van der Waals surface area contributed by atoms with Crippen LogP contribution in [0.15, 0.2) is 24.3 Å². The Morgan fingerprint density at radius 1 is 1.26 bits per heavy atom. The first-order chi connectivity index (χ1) is 10.9. The maximum atomic E-state index is 12.2. The number of carboxylic acid groups (broad SMARTS) is 1. The van der Waals surface area contributed by atoms with Gasteiger partial charge in [0.2, 0.25) is 5.91 Å². The number of aliphatic carboxylic acids is 1. The van der Waals surface area contributed by atoms with Crippen molar-refractivity contribution in [2.75, 3.05) is 19.0 Å². The van der Waals surface area contributed by atoms with Crippen molar-refractivity contribution in [1.29, 1.82) is 0 Å². The first-order valence-corrected chi connectivity index (χ1v) is 7.31. The van der Waals surface area contributed by atoms with Crippen LogP contribution in [0.5, 0.6) is 0 Å². The Kier molecular flexibility index (Phi) is 5.00. The van der Waals surface area contributed by atoms with E-state index in [4.69, 9.17) is 4.74 Å². The molecule has 1 aromatic rings. The first kappa shape index (κ1) is 17.0. The van der Waals surface area contributed by atoms with Crippen molar-refractivity contribution in [1.82, 2.24) is 5.32 Å². The highest BCUT2D eigenvalue weighted by molar-refractivity contribution is 5.99. The molecule has 0 aromatic heterocycles. The summed E-state index contributed by atoms with van der Waals surface area (Å²) in [4.78, 5) is 35.1. The molecule has 23 heavy (non-hydrogen) atoms. The van der Waals surface area contributed by atoms with Crippen LogP contribution in [0, 0.1) is 5.92 Å². The fourth-order valence-electron chi connectivity index (χ4n) is 2.06. The number of rotatable bonds is 7. The molecule has 2 rings (SSSR count). The molecule has 1 aliphatic carbocycles. The molecule has 1 fully saturated rings. The molecule has 1 unspecified atom stereocenters. The smallest absolute Gasteiger partial charge is 0.331 e. The number of methoxy groups -OCH3 is 1. The SMILES string of the molecule is COCC(C)(NC(=O)c1ccc(NC(=O)C2CC2)cc1)C(=O)O. The van der Waals surface area contributed by atoms with Gasteiger partial charge in [-0.2, -0.15) is 0 Å². The summed E-state index contributed by atoms with van der Waals surface area (Å²) in [6.07, 6.45) is 1.83.